The van der Waals surface area contributed by atoms with Crippen LogP contribution in [0.4, 0.5) is 22.4 Å². The lowest BCUT2D eigenvalue weighted by molar-refractivity contribution is -0.140. The van der Waals surface area contributed by atoms with Crippen molar-refractivity contribution < 1.29 is 32.3 Å². The molecule has 0 radical (unpaired) electrons. The molecule has 0 aromatic rings. The van der Waals surface area contributed by atoms with Crippen molar-refractivity contribution in [2.75, 3.05) is 6.54 Å². The summed E-state index contributed by atoms with van der Waals surface area (Å²) in [5.41, 5.74) is 0. The molecule has 112 valence electrons. The van der Waals surface area contributed by atoms with Gasteiger partial charge in [0.1, 0.15) is 6.04 Å². The lowest BCUT2D eigenvalue weighted by Crippen LogP contribution is -2.52. The molecule has 0 rings (SSSR count). The van der Waals surface area contributed by atoms with Gasteiger partial charge in [-0.25, -0.2) is 18.4 Å². The van der Waals surface area contributed by atoms with Crippen LogP contribution in [0.15, 0.2) is 0 Å². The quantitative estimate of drug-likeness (QED) is 0.624. The first-order valence-corrected chi connectivity index (χ1v) is 5.55. The van der Waals surface area contributed by atoms with Gasteiger partial charge in [0.25, 0.3) is 0 Å². The number of aliphatic carboxylic acids is 1. The van der Waals surface area contributed by atoms with Gasteiger partial charge in [-0.1, -0.05) is 20.3 Å². The van der Waals surface area contributed by atoms with Crippen LogP contribution >= 0.6 is 0 Å². The zero-order valence-corrected chi connectivity index (χ0v) is 10.4. The van der Waals surface area contributed by atoms with E-state index in [1.54, 1.807) is 13.8 Å². The molecule has 0 saturated heterocycles. The largest absolute Gasteiger partial charge is 0.480 e. The maximum absolute atomic E-state index is 12.5. The van der Waals surface area contributed by atoms with Crippen molar-refractivity contribution in [1.29, 1.82) is 0 Å². The average Bonchev–Trinajstić information content (AvgIpc) is 2.32. The minimum atomic E-state index is -4.35. The van der Waals surface area contributed by atoms with Crippen molar-refractivity contribution in [1.82, 2.24) is 10.6 Å². The van der Waals surface area contributed by atoms with Crippen LogP contribution in [0.2, 0.25) is 0 Å². The molecular formula is C10H16F4N2O3. The minimum Gasteiger partial charge on any atom is -0.480 e. The normalized spacial score (nSPS) is 14.9. The molecule has 0 aromatic heterocycles. The summed E-state index contributed by atoms with van der Waals surface area (Å²) in [4.78, 5) is 22.0. The number of carbonyl (C=O) groups excluding carboxylic acids is 1. The number of halogens is 4. The van der Waals surface area contributed by atoms with E-state index in [0.717, 1.165) is 0 Å². The number of alkyl halides is 4. The molecule has 0 heterocycles. The summed E-state index contributed by atoms with van der Waals surface area (Å²) in [6.07, 6.45) is -3.47. The molecule has 19 heavy (non-hydrogen) atoms. The highest BCUT2D eigenvalue weighted by atomic mass is 19.3. The van der Waals surface area contributed by atoms with E-state index in [1.807, 2.05) is 5.32 Å². The van der Waals surface area contributed by atoms with E-state index in [1.165, 1.54) is 5.32 Å². The maximum Gasteiger partial charge on any atom is 0.326 e. The smallest absolute Gasteiger partial charge is 0.326 e. The summed E-state index contributed by atoms with van der Waals surface area (Å²) in [5, 5.41) is 12.3. The van der Waals surface area contributed by atoms with E-state index >= 15 is 0 Å². The Morgan fingerprint density at radius 2 is 1.84 bits per heavy atom. The lowest BCUT2D eigenvalue weighted by Gasteiger charge is -2.21. The SMILES string of the molecule is CCC(C)[C@H](NC(=O)NCC(F)(F)C(F)F)C(=O)O. The third kappa shape index (κ3) is 5.75. The lowest BCUT2D eigenvalue weighted by atomic mass is 9.99. The molecule has 0 saturated carbocycles. The monoisotopic (exact) mass is 288 g/mol. The van der Waals surface area contributed by atoms with Crippen LogP contribution in [0.1, 0.15) is 20.3 Å². The molecule has 0 aromatic carbocycles. The van der Waals surface area contributed by atoms with E-state index < -0.39 is 42.9 Å². The van der Waals surface area contributed by atoms with Crippen LogP contribution in [0.5, 0.6) is 0 Å². The molecule has 0 aliphatic rings. The van der Waals surface area contributed by atoms with E-state index in [-0.39, 0.29) is 0 Å². The number of hydrogen-bond donors (Lipinski definition) is 3. The third-order valence-corrected chi connectivity index (χ3v) is 2.57. The highest BCUT2D eigenvalue weighted by Crippen LogP contribution is 2.21. The molecular weight excluding hydrogens is 272 g/mol. The second kappa shape index (κ2) is 7.15. The highest BCUT2D eigenvalue weighted by molar-refractivity contribution is 5.82. The number of rotatable bonds is 7. The average molecular weight is 288 g/mol. The predicted octanol–water partition coefficient (Wildman–Crippen LogP) is 1.69. The third-order valence-electron chi connectivity index (χ3n) is 2.57. The van der Waals surface area contributed by atoms with Gasteiger partial charge in [0.2, 0.25) is 0 Å². The molecule has 0 fully saturated rings. The van der Waals surface area contributed by atoms with Crippen molar-refractivity contribution in [3.8, 4) is 0 Å². The van der Waals surface area contributed by atoms with Gasteiger partial charge >= 0.3 is 24.3 Å². The fraction of sp³-hybridized carbons (Fsp3) is 0.800. The topological polar surface area (TPSA) is 78.4 Å². The van der Waals surface area contributed by atoms with E-state index in [4.69, 9.17) is 5.11 Å². The Hall–Kier alpha value is -1.54. The molecule has 5 nitrogen and oxygen atoms in total. The van der Waals surface area contributed by atoms with Gasteiger partial charge in [0, 0.05) is 0 Å². The van der Waals surface area contributed by atoms with Crippen molar-refractivity contribution in [3.63, 3.8) is 0 Å². The summed E-state index contributed by atoms with van der Waals surface area (Å²) in [6, 6.07) is -2.50. The first kappa shape index (κ1) is 17.5. The molecule has 9 heteroatoms. The highest BCUT2D eigenvalue weighted by Gasteiger charge is 2.41. The van der Waals surface area contributed by atoms with E-state index in [0.29, 0.717) is 6.42 Å². The second-order valence-electron chi connectivity index (χ2n) is 4.09. The van der Waals surface area contributed by atoms with Gasteiger partial charge in [-0.15, -0.1) is 0 Å². The molecule has 0 aliphatic carbocycles. The van der Waals surface area contributed by atoms with E-state index in [9.17, 15) is 27.2 Å². The molecule has 0 bridgehead atoms. The summed E-state index contributed by atoms with van der Waals surface area (Å²) < 4.78 is 48.7. The molecule has 3 N–H and O–H groups in total. The van der Waals surface area contributed by atoms with Gasteiger partial charge in [0.15, 0.2) is 0 Å². The maximum atomic E-state index is 12.5. The van der Waals surface area contributed by atoms with Gasteiger partial charge in [0.05, 0.1) is 6.54 Å². The number of urea groups is 1. The van der Waals surface area contributed by atoms with Gasteiger partial charge in [-0.3, -0.25) is 0 Å². The minimum absolute atomic E-state index is 0.432. The Morgan fingerprint density at radius 1 is 1.32 bits per heavy atom. The predicted molar refractivity (Wildman–Crippen MR) is 58.4 cm³/mol. The Labute approximate surface area is 107 Å². The zero-order chi connectivity index (χ0) is 15.2. The number of amides is 2. The Morgan fingerprint density at radius 3 is 2.21 bits per heavy atom. The number of hydrogen-bond acceptors (Lipinski definition) is 2. The Bertz CT molecular complexity index is 326. The summed E-state index contributed by atoms with van der Waals surface area (Å²) in [7, 11) is 0. The number of carboxylic acid groups (broad SMARTS) is 1. The van der Waals surface area contributed by atoms with Crippen LogP contribution in [-0.2, 0) is 4.79 Å². The first-order chi connectivity index (χ1) is 8.61. The Balaban J connectivity index is 4.40. The standard InChI is InChI=1S/C10H16F4N2O3/c1-3-5(2)6(7(17)18)16-9(19)15-4-10(13,14)8(11)12/h5-6,8H,3-4H2,1-2H3,(H,17,18)(H2,15,16,19)/t5?,6-/m0/s1. The second-order valence-corrected chi connectivity index (χ2v) is 4.09. The summed E-state index contributed by atoms with van der Waals surface area (Å²) >= 11 is 0. The fourth-order valence-corrected chi connectivity index (χ4v) is 1.15. The first-order valence-electron chi connectivity index (χ1n) is 5.55. The molecule has 0 aliphatic heterocycles. The van der Waals surface area contributed by atoms with E-state index in [2.05, 4.69) is 0 Å². The summed E-state index contributed by atoms with van der Waals surface area (Å²) in [6.45, 7) is 1.67. The fourth-order valence-electron chi connectivity index (χ4n) is 1.15. The molecule has 1 unspecified atom stereocenters. The number of nitrogens with one attached hydrogen (secondary N) is 2. The molecule has 0 spiro atoms. The Kier molecular flexibility index (Phi) is 6.57. The number of carbonyl (C=O) groups is 2. The zero-order valence-electron chi connectivity index (χ0n) is 10.4. The van der Waals surface area contributed by atoms with Crippen molar-refractivity contribution in [3.05, 3.63) is 0 Å². The van der Waals surface area contributed by atoms with Crippen LogP contribution in [-0.4, -0.2) is 42.0 Å². The van der Waals surface area contributed by atoms with Crippen molar-refractivity contribution >= 4 is 12.0 Å². The number of carboxylic acids is 1. The van der Waals surface area contributed by atoms with Crippen molar-refractivity contribution in [2.24, 2.45) is 5.92 Å². The molecule has 2 atom stereocenters. The van der Waals surface area contributed by atoms with Gasteiger partial charge in [-0.2, -0.15) is 8.78 Å². The van der Waals surface area contributed by atoms with Crippen molar-refractivity contribution in [2.45, 2.75) is 38.7 Å². The van der Waals surface area contributed by atoms with Gasteiger partial charge < -0.3 is 15.7 Å². The molecule has 2 amide bonds. The van der Waals surface area contributed by atoms with Gasteiger partial charge in [-0.05, 0) is 5.92 Å². The van der Waals surface area contributed by atoms with Crippen LogP contribution < -0.4 is 10.6 Å². The van der Waals surface area contributed by atoms with Crippen LogP contribution in [0.25, 0.3) is 0 Å². The van der Waals surface area contributed by atoms with Crippen LogP contribution in [0.3, 0.4) is 0 Å². The van der Waals surface area contributed by atoms with Crippen LogP contribution in [0, 0.1) is 5.92 Å². The summed E-state index contributed by atoms with van der Waals surface area (Å²) in [5.74, 6) is -6.11.